The third-order valence-electron chi connectivity index (χ3n) is 5.08. The number of piperidine rings is 1. The van der Waals surface area contributed by atoms with Crippen LogP contribution >= 0.6 is 11.3 Å². The van der Waals surface area contributed by atoms with E-state index in [1.165, 1.54) is 30.7 Å². The van der Waals surface area contributed by atoms with Gasteiger partial charge in [-0.05, 0) is 43.0 Å². The third-order valence-corrected chi connectivity index (χ3v) is 5.94. The maximum absolute atomic E-state index is 13.0. The first-order valence-electron chi connectivity index (χ1n) is 8.52. The molecule has 1 atom stereocenters. The van der Waals surface area contributed by atoms with Crippen molar-refractivity contribution >= 4 is 17.2 Å². The molecule has 2 fully saturated rings. The number of thiophene rings is 1. The van der Waals surface area contributed by atoms with Gasteiger partial charge >= 0.3 is 0 Å². The van der Waals surface area contributed by atoms with Crippen LogP contribution in [0.3, 0.4) is 0 Å². The average Bonchev–Trinajstić information content (AvgIpc) is 3.26. The molecule has 2 saturated heterocycles. The molecule has 0 saturated carbocycles. The predicted octanol–water partition coefficient (Wildman–Crippen LogP) is 2.91. The molecule has 0 spiro atoms. The molecule has 4 nitrogen and oxygen atoms in total. The minimum Gasteiger partial charge on any atom is -0.338 e. The maximum Gasteiger partial charge on any atom is 0.270 e. The summed E-state index contributed by atoms with van der Waals surface area (Å²) >= 11 is 1.74. The van der Waals surface area contributed by atoms with Crippen LogP contribution in [0.2, 0.25) is 0 Å². The highest BCUT2D eigenvalue weighted by Gasteiger charge is 2.32. The fourth-order valence-corrected chi connectivity index (χ4v) is 4.52. The number of amides is 1. The topological polar surface area (TPSA) is 28.5 Å². The van der Waals surface area contributed by atoms with Gasteiger partial charge in [0.2, 0.25) is 0 Å². The van der Waals surface area contributed by atoms with Crippen molar-refractivity contribution in [2.24, 2.45) is 0 Å². The molecule has 4 rings (SSSR count). The van der Waals surface area contributed by atoms with Gasteiger partial charge in [-0.25, -0.2) is 0 Å². The molecule has 2 aromatic rings. The standard InChI is InChI=1S/C18H23N3OS/c22-18(21-11-10-19-8-2-1-5-15(19)13-21)17-7-3-9-20(17)14-16-6-4-12-23-16/h3-4,6-7,9,12,15H,1-2,5,8,10-11,13-14H2/t15-/m0/s1. The lowest BCUT2D eigenvalue weighted by atomic mass is 9.99. The summed E-state index contributed by atoms with van der Waals surface area (Å²) in [7, 11) is 0. The minimum absolute atomic E-state index is 0.191. The summed E-state index contributed by atoms with van der Waals surface area (Å²) in [5, 5.41) is 2.09. The van der Waals surface area contributed by atoms with Crippen LogP contribution in [-0.2, 0) is 6.54 Å². The summed E-state index contributed by atoms with van der Waals surface area (Å²) in [6, 6.07) is 8.70. The van der Waals surface area contributed by atoms with Crippen molar-refractivity contribution in [1.82, 2.24) is 14.4 Å². The predicted molar refractivity (Wildman–Crippen MR) is 93.0 cm³/mol. The van der Waals surface area contributed by atoms with Crippen LogP contribution in [-0.4, -0.2) is 52.5 Å². The Morgan fingerprint density at radius 1 is 1.17 bits per heavy atom. The number of fused-ring (bicyclic) bond motifs is 1. The second-order valence-electron chi connectivity index (χ2n) is 6.54. The summed E-state index contributed by atoms with van der Waals surface area (Å²) < 4.78 is 2.08. The van der Waals surface area contributed by atoms with Crippen LogP contribution in [0.1, 0.15) is 34.6 Å². The third kappa shape index (κ3) is 3.08. The maximum atomic E-state index is 13.0. The Balaban J connectivity index is 1.48. The van der Waals surface area contributed by atoms with Crippen LogP contribution in [0.5, 0.6) is 0 Å². The van der Waals surface area contributed by atoms with E-state index in [0.717, 1.165) is 31.9 Å². The summed E-state index contributed by atoms with van der Waals surface area (Å²) in [5.74, 6) is 0.191. The zero-order valence-electron chi connectivity index (χ0n) is 13.4. The van der Waals surface area contributed by atoms with Gasteiger partial charge in [0.25, 0.3) is 5.91 Å². The molecular weight excluding hydrogens is 306 g/mol. The van der Waals surface area contributed by atoms with Crippen molar-refractivity contribution in [2.45, 2.75) is 31.8 Å². The van der Waals surface area contributed by atoms with Gasteiger partial charge in [-0.15, -0.1) is 11.3 Å². The monoisotopic (exact) mass is 329 g/mol. The molecular formula is C18H23N3OS. The lowest BCUT2D eigenvalue weighted by molar-refractivity contribution is 0.0365. The molecule has 0 unspecified atom stereocenters. The smallest absolute Gasteiger partial charge is 0.270 e. The Labute approximate surface area is 141 Å². The molecule has 0 aromatic carbocycles. The Morgan fingerprint density at radius 2 is 2.13 bits per heavy atom. The summed E-state index contributed by atoms with van der Waals surface area (Å²) in [4.78, 5) is 18.9. The van der Waals surface area contributed by atoms with Crippen molar-refractivity contribution in [1.29, 1.82) is 0 Å². The highest BCUT2D eigenvalue weighted by molar-refractivity contribution is 7.09. The first-order chi connectivity index (χ1) is 11.3. The van der Waals surface area contributed by atoms with Gasteiger partial charge < -0.3 is 9.47 Å². The lowest BCUT2D eigenvalue weighted by Gasteiger charge is -2.44. The number of aromatic nitrogens is 1. The van der Waals surface area contributed by atoms with E-state index in [-0.39, 0.29) is 5.91 Å². The molecule has 122 valence electrons. The molecule has 5 heteroatoms. The zero-order chi connectivity index (χ0) is 15.6. The Kier molecular flexibility index (Phi) is 4.23. The second-order valence-corrected chi connectivity index (χ2v) is 7.57. The molecule has 1 amide bonds. The number of carbonyl (C=O) groups is 1. The van der Waals surface area contributed by atoms with Gasteiger partial charge in [0.05, 0.1) is 6.54 Å². The zero-order valence-corrected chi connectivity index (χ0v) is 14.2. The fourth-order valence-electron chi connectivity index (χ4n) is 3.82. The average molecular weight is 329 g/mol. The van der Waals surface area contributed by atoms with Gasteiger partial charge in [0.15, 0.2) is 0 Å². The first kappa shape index (κ1) is 15.0. The quantitative estimate of drug-likeness (QED) is 0.866. The van der Waals surface area contributed by atoms with Crippen molar-refractivity contribution in [3.05, 3.63) is 46.4 Å². The van der Waals surface area contributed by atoms with Gasteiger partial charge in [-0.3, -0.25) is 9.69 Å². The van der Waals surface area contributed by atoms with E-state index in [0.29, 0.717) is 6.04 Å². The van der Waals surface area contributed by atoms with Crippen LogP contribution in [0.15, 0.2) is 35.8 Å². The van der Waals surface area contributed by atoms with E-state index in [9.17, 15) is 4.79 Å². The van der Waals surface area contributed by atoms with Crippen LogP contribution in [0.25, 0.3) is 0 Å². The minimum atomic E-state index is 0.191. The number of hydrogen-bond acceptors (Lipinski definition) is 3. The van der Waals surface area contributed by atoms with Crippen LogP contribution in [0.4, 0.5) is 0 Å². The van der Waals surface area contributed by atoms with Gasteiger partial charge in [-0.2, -0.15) is 0 Å². The van der Waals surface area contributed by atoms with Gasteiger partial charge in [-0.1, -0.05) is 12.5 Å². The molecule has 0 N–H and O–H groups in total. The van der Waals surface area contributed by atoms with Crippen molar-refractivity contribution in [3.63, 3.8) is 0 Å². The highest BCUT2D eigenvalue weighted by Crippen LogP contribution is 2.22. The molecule has 23 heavy (non-hydrogen) atoms. The Morgan fingerprint density at radius 3 is 3.00 bits per heavy atom. The molecule has 2 aliphatic rings. The van der Waals surface area contributed by atoms with E-state index < -0.39 is 0 Å². The van der Waals surface area contributed by atoms with Crippen molar-refractivity contribution in [3.8, 4) is 0 Å². The van der Waals surface area contributed by atoms with E-state index in [2.05, 4.69) is 31.9 Å². The van der Waals surface area contributed by atoms with E-state index in [1.54, 1.807) is 11.3 Å². The fraction of sp³-hybridized carbons (Fsp3) is 0.500. The summed E-state index contributed by atoms with van der Waals surface area (Å²) in [6.45, 7) is 4.78. The van der Waals surface area contributed by atoms with Crippen molar-refractivity contribution in [2.75, 3.05) is 26.2 Å². The van der Waals surface area contributed by atoms with Gasteiger partial charge in [0, 0.05) is 36.8 Å². The molecule has 2 aromatic heterocycles. The number of hydrogen-bond donors (Lipinski definition) is 0. The molecule has 0 bridgehead atoms. The molecule has 0 aliphatic carbocycles. The molecule has 2 aliphatic heterocycles. The van der Waals surface area contributed by atoms with E-state index in [4.69, 9.17) is 0 Å². The van der Waals surface area contributed by atoms with Crippen LogP contribution < -0.4 is 0 Å². The van der Waals surface area contributed by atoms with E-state index >= 15 is 0 Å². The number of nitrogens with zero attached hydrogens (tertiary/aromatic N) is 3. The first-order valence-corrected chi connectivity index (χ1v) is 9.40. The summed E-state index contributed by atoms with van der Waals surface area (Å²) in [6.07, 6.45) is 5.87. The number of rotatable bonds is 3. The molecule has 4 heterocycles. The lowest BCUT2D eigenvalue weighted by Crippen LogP contribution is -2.56. The normalized spacial score (nSPS) is 22.1. The van der Waals surface area contributed by atoms with E-state index in [1.807, 2.05) is 18.3 Å². The SMILES string of the molecule is O=C(c1cccn1Cc1cccs1)N1CCN2CCCC[C@H]2C1. The summed E-state index contributed by atoms with van der Waals surface area (Å²) in [5.41, 5.74) is 0.822. The van der Waals surface area contributed by atoms with Gasteiger partial charge in [0.1, 0.15) is 5.69 Å². The number of piperazine rings is 1. The second kappa shape index (κ2) is 6.49. The molecule has 0 radical (unpaired) electrons. The Hall–Kier alpha value is -1.59. The Bertz CT molecular complexity index is 664. The number of carbonyl (C=O) groups excluding carboxylic acids is 1. The highest BCUT2D eigenvalue weighted by atomic mass is 32.1. The largest absolute Gasteiger partial charge is 0.338 e. The van der Waals surface area contributed by atoms with Crippen LogP contribution in [0, 0.1) is 0 Å². The van der Waals surface area contributed by atoms with Crippen molar-refractivity contribution < 1.29 is 4.79 Å².